The predicted octanol–water partition coefficient (Wildman–Crippen LogP) is 12.7. The van der Waals surface area contributed by atoms with Gasteiger partial charge < -0.3 is 82.4 Å². The van der Waals surface area contributed by atoms with Crippen LogP contribution >= 0.6 is 0 Å². The number of hydrogen-bond acceptors (Lipinski definition) is 24. The summed E-state index contributed by atoms with van der Waals surface area (Å²) >= 11 is 0. The maximum atomic E-state index is 14.6. The zero-order chi connectivity index (χ0) is 91.7. The topological polar surface area (TPSA) is 356 Å². The van der Waals surface area contributed by atoms with Gasteiger partial charge in [-0.2, -0.15) is 0 Å². The Labute approximate surface area is 754 Å². The maximum Gasteiger partial charge on any atom is 0.424 e. The van der Waals surface area contributed by atoms with E-state index in [2.05, 4.69) is 64.5 Å². The number of ketones is 1. The van der Waals surface area contributed by atoms with Crippen molar-refractivity contribution in [2.24, 2.45) is 5.92 Å². The van der Waals surface area contributed by atoms with E-state index in [9.17, 15) is 52.7 Å². The lowest BCUT2D eigenvalue weighted by Crippen LogP contribution is -2.64. The number of carbonyl (C=O) groups excluding carboxylic acids is 11. The number of rotatable bonds is 41. The van der Waals surface area contributed by atoms with Gasteiger partial charge in [-0.1, -0.05) is 164 Å². The molecule has 0 unspecified atom stereocenters. The van der Waals surface area contributed by atoms with E-state index in [1.807, 2.05) is 133 Å². The molecule has 13 rings (SSSR count). The molecule has 0 radical (unpaired) electrons. The second-order valence-electron chi connectivity index (χ2n) is 32.6. The first kappa shape index (κ1) is 94.3. The molecule has 6 amide bonds. The Morgan fingerprint density at radius 1 is 0.592 bits per heavy atom. The largest absolute Gasteiger partial charge is 0.467 e. The van der Waals surface area contributed by atoms with Crippen molar-refractivity contribution in [2.75, 3.05) is 92.3 Å². The van der Waals surface area contributed by atoms with Crippen LogP contribution in [0.25, 0.3) is 33.3 Å². The van der Waals surface area contributed by atoms with Gasteiger partial charge in [-0.25, -0.2) is 34.2 Å². The standard InChI is InChI=1S/C99H111N9O22/c1-63-34-38-71(39-35-63)102-94(115)70(24-19-20-46-101-97(117)123-60-68-36-40-74(41-37-68)129-96-92(128-66(4)111)90(127-65(3)110)89(126-64(2)109)91(130-96)95(116)120-7)58-86(112)85(56-67-22-9-8-10-23-67)103-87(113)45-52-121-54-55-122-53-51-108(99(119)125-62-84-81-32-17-13-28-77(81)78-29-14-18-33-82(78)84)72-42-48-106(49-43-72)88(114)44-50-107-73(57-69-25-21-47-100-93(69)107)59-104(5)105(6)98(118)124-61-83-79-30-15-11-26-75(79)76-27-12-16-31-80(76)83/h8-18,21-23,25-41,47,57,70,72,83-85,89-92,96H,19-20,24,42-46,48-56,58-62H2,1-7H3,(H,101,117)(H,102,115)(H,103,113)/t70-,85+,89+,90+,91+,92-,96-/m1/s1. The number of fused-ring (bicyclic) bond motifs is 7. The third-order valence-corrected chi connectivity index (χ3v) is 23.7. The Bertz CT molecular complexity index is 5360. The molecule has 2 fully saturated rings. The van der Waals surface area contributed by atoms with E-state index in [0.717, 1.165) is 100 Å². The van der Waals surface area contributed by atoms with Crippen LogP contribution < -0.4 is 20.7 Å². The fourth-order valence-electron chi connectivity index (χ4n) is 17.1. The van der Waals surface area contributed by atoms with Crippen LogP contribution in [0.1, 0.15) is 129 Å². The van der Waals surface area contributed by atoms with E-state index >= 15 is 0 Å². The third-order valence-electron chi connectivity index (χ3n) is 23.7. The molecule has 2 aliphatic carbocycles. The highest BCUT2D eigenvalue weighted by Gasteiger charge is 2.56. The number of amides is 6. The fourth-order valence-corrected chi connectivity index (χ4v) is 17.1. The fraction of sp³-hybridized carbons (Fsp3) is 0.394. The zero-order valence-corrected chi connectivity index (χ0v) is 74.0. The molecular weight excluding hydrogens is 1670 g/mol. The third kappa shape index (κ3) is 24.7. The number of unbranched alkanes of at least 4 members (excludes halogenated alkanes) is 1. The minimum absolute atomic E-state index is 0.0107. The molecule has 31 heteroatoms. The lowest BCUT2D eigenvalue weighted by atomic mass is 9.90. The van der Waals surface area contributed by atoms with Gasteiger partial charge in [0.15, 0.2) is 24.1 Å². The van der Waals surface area contributed by atoms with Crippen molar-refractivity contribution in [1.82, 2.24) is 40.0 Å². The molecule has 0 spiro atoms. The van der Waals surface area contributed by atoms with Gasteiger partial charge >= 0.3 is 42.2 Å². The van der Waals surface area contributed by atoms with Crippen molar-refractivity contribution in [3.8, 4) is 28.0 Å². The van der Waals surface area contributed by atoms with Gasteiger partial charge in [-0.05, 0) is 137 Å². The van der Waals surface area contributed by atoms with E-state index in [4.69, 9.17) is 57.1 Å². The number of anilines is 1. The van der Waals surface area contributed by atoms with E-state index in [0.29, 0.717) is 63.1 Å². The number of likely N-dealkylation sites (tertiary alicyclic amines) is 1. The van der Waals surface area contributed by atoms with Gasteiger partial charge in [0.25, 0.3) is 0 Å². The van der Waals surface area contributed by atoms with Crippen LogP contribution in [0.3, 0.4) is 0 Å². The number of ether oxygens (including phenoxy) is 11. The van der Waals surface area contributed by atoms with Crippen molar-refractivity contribution >= 4 is 82.4 Å². The number of Topliss-reactive ketones (excluding diaryl/α,β-unsaturated/α-hetero) is 1. The number of carbonyl (C=O) groups is 11. The number of nitrogens with zero attached hydrogens (tertiary/aromatic N) is 6. The summed E-state index contributed by atoms with van der Waals surface area (Å²) in [4.78, 5) is 156. The molecule has 4 aliphatic rings. The molecule has 0 bridgehead atoms. The Balaban J connectivity index is 0.573. The van der Waals surface area contributed by atoms with Gasteiger partial charge in [-0.15, -0.1) is 0 Å². The maximum absolute atomic E-state index is 14.6. The number of hydrazine groups is 1. The van der Waals surface area contributed by atoms with Crippen LogP contribution in [0, 0.1) is 12.8 Å². The molecule has 3 N–H and O–H groups in total. The van der Waals surface area contributed by atoms with Gasteiger partial charge in [0.2, 0.25) is 30.1 Å². The van der Waals surface area contributed by atoms with Gasteiger partial charge in [-0.3, -0.25) is 33.6 Å². The summed E-state index contributed by atoms with van der Waals surface area (Å²) in [6.07, 6.45) is -5.91. The number of alkyl carbamates (subject to hydrolysis) is 1. The van der Waals surface area contributed by atoms with Crippen molar-refractivity contribution in [1.29, 1.82) is 0 Å². The molecule has 2 aromatic heterocycles. The van der Waals surface area contributed by atoms with Gasteiger partial charge in [0.05, 0.1) is 46.1 Å². The molecule has 7 aromatic carbocycles. The Hall–Kier alpha value is -13.4. The summed E-state index contributed by atoms with van der Waals surface area (Å²) < 4.78 is 64.8. The van der Waals surface area contributed by atoms with Gasteiger partial charge in [0, 0.05) is 134 Å². The highest BCUT2D eigenvalue weighted by atomic mass is 16.7. The molecule has 7 atom stereocenters. The Morgan fingerprint density at radius 3 is 1.78 bits per heavy atom. The minimum Gasteiger partial charge on any atom is -0.467 e. The molecule has 0 saturated carbocycles. The number of esters is 4. The number of nitrogens with one attached hydrogen (secondary N) is 3. The minimum atomic E-state index is -1.67. The average Bonchev–Trinajstić information content (AvgIpc) is 1.57. The summed E-state index contributed by atoms with van der Waals surface area (Å²) in [5.41, 5.74) is 13.3. The summed E-state index contributed by atoms with van der Waals surface area (Å²) in [7, 11) is 4.57. The monoisotopic (exact) mass is 1780 g/mol. The predicted molar refractivity (Wildman–Crippen MR) is 478 cm³/mol. The molecule has 31 nitrogen and oxygen atoms in total. The first-order valence-corrected chi connectivity index (χ1v) is 43.9. The molecule has 130 heavy (non-hydrogen) atoms. The van der Waals surface area contributed by atoms with Crippen LogP contribution in [0.4, 0.5) is 20.1 Å². The van der Waals surface area contributed by atoms with E-state index in [1.165, 1.54) is 17.1 Å². The van der Waals surface area contributed by atoms with Crippen LogP contribution in [-0.4, -0.2) is 225 Å². The lowest BCUT2D eigenvalue weighted by molar-refractivity contribution is -0.282. The molecule has 684 valence electrons. The van der Waals surface area contributed by atoms with Crippen LogP contribution in [0.5, 0.6) is 5.75 Å². The highest BCUT2D eigenvalue weighted by molar-refractivity contribution is 5.97. The van der Waals surface area contributed by atoms with Crippen LogP contribution in [0.2, 0.25) is 0 Å². The summed E-state index contributed by atoms with van der Waals surface area (Å²) in [6, 6.07) is 59.9. The van der Waals surface area contributed by atoms with E-state index in [-0.39, 0.29) is 127 Å². The molecule has 2 aliphatic heterocycles. The van der Waals surface area contributed by atoms with Crippen molar-refractivity contribution in [2.45, 2.75) is 160 Å². The van der Waals surface area contributed by atoms with Crippen LogP contribution in [0.15, 0.2) is 200 Å². The van der Waals surface area contributed by atoms with Crippen molar-refractivity contribution < 1.29 is 105 Å². The number of methoxy groups -OCH3 is 1. The number of hydrogen-bond donors (Lipinski definition) is 3. The number of benzene rings is 7. The second kappa shape index (κ2) is 45.6. The SMILES string of the molecule is COC(=O)[C@H]1O[C@@H](Oc2ccc(COC(=O)NCCCC[C@H](CC(=O)[C@H](Cc3ccccc3)NC(=O)CCOCCOCCN(C(=O)OCC3c4ccccc4-c4ccccc43)C3CCN(C(=O)CCn4c(CN(C)N(C)C(=O)OCC5c6ccccc6-c6ccccc65)cc5cccnc54)CC3)C(=O)Nc3ccc(C)cc3)cc2)[C@H](OC(C)=O)[C@@H](OC(C)=O)[C@@H]1OC(C)=O. The Kier molecular flexibility index (Phi) is 33.0. The van der Waals surface area contributed by atoms with Crippen molar-refractivity contribution in [3.63, 3.8) is 0 Å². The lowest BCUT2D eigenvalue weighted by Gasteiger charge is -2.43. The molecular formula is C99H111N9O22. The first-order valence-electron chi connectivity index (χ1n) is 43.9. The number of piperidine rings is 1. The molecule has 4 heterocycles. The summed E-state index contributed by atoms with van der Waals surface area (Å²) in [5.74, 6) is -5.78. The summed E-state index contributed by atoms with van der Waals surface area (Å²) in [6.45, 7) is 7.38. The zero-order valence-electron chi connectivity index (χ0n) is 74.0. The van der Waals surface area contributed by atoms with Crippen molar-refractivity contribution in [3.05, 3.63) is 245 Å². The van der Waals surface area contributed by atoms with E-state index in [1.54, 1.807) is 47.4 Å². The van der Waals surface area contributed by atoms with Gasteiger partial charge in [0.1, 0.15) is 31.2 Å². The number of pyridine rings is 1. The first-order chi connectivity index (χ1) is 62.9. The number of aryl methyl sites for hydroxylation is 2. The highest BCUT2D eigenvalue weighted by Crippen LogP contribution is 2.46. The molecule has 9 aromatic rings. The number of aromatic nitrogens is 2. The van der Waals surface area contributed by atoms with E-state index < -0.39 is 96.6 Å². The van der Waals surface area contributed by atoms with Crippen LogP contribution in [-0.2, 0) is 112 Å². The molecule has 2 saturated heterocycles. The second-order valence-corrected chi connectivity index (χ2v) is 32.6. The quantitative estimate of drug-likeness (QED) is 0.0139. The Morgan fingerprint density at radius 2 is 1.17 bits per heavy atom. The summed E-state index contributed by atoms with van der Waals surface area (Å²) in [5, 5.41) is 12.8. The smallest absolute Gasteiger partial charge is 0.424 e. The average molecular weight is 1780 g/mol. The normalized spacial score (nSPS) is 16.7.